The number of rotatable bonds is 6. The van der Waals surface area contributed by atoms with Gasteiger partial charge in [0.25, 0.3) is 5.91 Å². The Morgan fingerprint density at radius 1 is 1.00 bits per heavy atom. The molecule has 0 saturated heterocycles. The van der Waals surface area contributed by atoms with E-state index in [9.17, 15) is 4.79 Å². The van der Waals surface area contributed by atoms with Crippen LogP contribution in [0, 0.1) is 0 Å². The predicted molar refractivity (Wildman–Crippen MR) is 109 cm³/mol. The largest absolute Gasteiger partial charge is 0.337 e. The van der Waals surface area contributed by atoms with Crippen molar-refractivity contribution in [3.05, 3.63) is 65.3 Å². The van der Waals surface area contributed by atoms with Gasteiger partial charge in [0.15, 0.2) is 0 Å². The quantitative estimate of drug-likeness (QED) is 0.550. The van der Waals surface area contributed by atoms with E-state index in [2.05, 4.69) is 13.8 Å². The fourth-order valence-electron chi connectivity index (χ4n) is 3.18. The zero-order chi connectivity index (χ0) is 18.5. The summed E-state index contributed by atoms with van der Waals surface area (Å²) in [5.41, 5.74) is 2.07. The van der Waals surface area contributed by atoms with E-state index >= 15 is 0 Å². The van der Waals surface area contributed by atoms with E-state index in [0.717, 1.165) is 48.0 Å². The smallest absolute Gasteiger partial charge is 0.272 e. The van der Waals surface area contributed by atoms with Crippen LogP contribution in [-0.2, 0) is 0 Å². The number of hydrogen-bond donors (Lipinski definition) is 0. The highest BCUT2D eigenvalue weighted by atomic mass is 35.5. The second-order valence-electron chi connectivity index (χ2n) is 6.35. The maximum atomic E-state index is 13.1. The summed E-state index contributed by atoms with van der Waals surface area (Å²) >= 11 is 6.42. The molecular formula is C22H23ClN2O. The Kier molecular flexibility index (Phi) is 5.89. The van der Waals surface area contributed by atoms with Crippen LogP contribution in [0.3, 0.4) is 0 Å². The molecule has 0 N–H and O–H groups in total. The van der Waals surface area contributed by atoms with Crippen LogP contribution in [-0.4, -0.2) is 28.9 Å². The van der Waals surface area contributed by atoms with Crippen LogP contribution >= 0.6 is 11.6 Å². The molecule has 134 valence electrons. The van der Waals surface area contributed by atoms with Crippen LogP contribution in [0.1, 0.15) is 37.2 Å². The van der Waals surface area contributed by atoms with Crippen molar-refractivity contribution in [2.45, 2.75) is 26.7 Å². The van der Waals surface area contributed by atoms with Crippen LogP contribution in [0.2, 0.25) is 5.02 Å². The van der Waals surface area contributed by atoms with Crippen LogP contribution < -0.4 is 0 Å². The van der Waals surface area contributed by atoms with E-state index in [1.807, 2.05) is 59.5 Å². The summed E-state index contributed by atoms with van der Waals surface area (Å²) in [5.74, 6) is -0.0206. The van der Waals surface area contributed by atoms with Gasteiger partial charge in [-0.15, -0.1) is 0 Å². The van der Waals surface area contributed by atoms with Crippen molar-refractivity contribution in [3.63, 3.8) is 0 Å². The number of aromatic nitrogens is 1. The van der Waals surface area contributed by atoms with Gasteiger partial charge in [0.1, 0.15) is 5.69 Å². The monoisotopic (exact) mass is 366 g/mol. The van der Waals surface area contributed by atoms with Gasteiger partial charge >= 0.3 is 0 Å². The molecule has 3 rings (SSSR count). The molecule has 3 aromatic rings. The Bertz CT molecular complexity index is 917. The lowest BCUT2D eigenvalue weighted by Gasteiger charge is -2.21. The summed E-state index contributed by atoms with van der Waals surface area (Å²) in [6, 6.07) is 17.5. The molecular weight excluding hydrogens is 344 g/mol. The van der Waals surface area contributed by atoms with Crippen LogP contribution in [0.5, 0.6) is 0 Å². The predicted octanol–water partition coefficient (Wildman–Crippen LogP) is 5.82. The number of fused-ring (bicyclic) bond motifs is 1. The first-order valence-corrected chi connectivity index (χ1v) is 9.47. The SMILES string of the molecule is CCCN(CCC)C(=O)c1cc2ccccc2c(-c2ccccc2Cl)n1. The zero-order valence-electron chi connectivity index (χ0n) is 15.2. The Balaban J connectivity index is 2.16. The third kappa shape index (κ3) is 3.73. The third-order valence-electron chi connectivity index (χ3n) is 4.36. The number of carbonyl (C=O) groups excluding carboxylic acids is 1. The van der Waals surface area contributed by atoms with Crippen molar-refractivity contribution >= 4 is 28.3 Å². The fourth-order valence-corrected chi connectivity index (χ4v) is 3.41. The van der Waals surface area contributed by atoms with Crippen molar-refractivity contribution in [3.8, 4) is 11.3 Å². The van der Waals surface area contributed by atoms with Gasteiger partial charge in [-0.1, -0.05) is 67.9 Å². The van der Waals surface area contributed by atoms with Crippen molar-refractivity contribution in [1.82, 2.24) is 9.88 Å². The number of carbonyl (C=O) groups is 1. The van der Waals surface area contributed by atoms with Gasteiger partial charge in [0.05, 0.1) is 5.69 Å². The first-order valence-electron chi connectivity index (χ1n) is 9.09. The van der Waals surface area contributed by atoms with Gasteiger partial charge in [-0.2, -0.15) is 0 Å². The Morgan fingerprint density at radius 2 is 1.65 bits per heavy atom. The number of benzene rings is 2. The zero-order valence-corrected chi connectivity index (χ0v) is 16.0. The number of hydrogen-bond acceptors (Lipinski definition) is 2. The molecule has 4 heteroatoms. The van der Waals surface area contributed by atoms with Gasteiger partial charge in [0, 0.05) is 29.1 Å². The average Bonchev–Trinajstić information content (AvgIpc) is 2.67. The average molecular weight is 367 g/mol. The summed E-state index contributed by atoms with van der Waals surface area (Å²) < 4.78 is 0. The molecule has 2 aromatic carbocycles. The maximum Gasteiger partial charge on any atom is 0.272 e. The lowest BCUT2D eigenvalue weighted by Crippen LogP contribution is -2.33. The molecule has 0 aliphatic heterocycles. The highest BCUT2D eigenvalue weighted by Gasteiger charge is 2.19. The number of nitrogens with zero attached hydrogens (tertiary/aromatic N) is 2. The minimum Gasteiger partial charge on any atom is -0.337 e. The summed E-state index contributed by atoms with van der Waals surface area (Å²) in [6.45, 7) is 5.64. The minimum atomic E-state index is -0.0206. The fraction of sp³-hybridized carbons (Fsp3) is 0.273. The van der Waals surface area contributed by atoms with E-state index in [0.29, 0.717) is 10.7 Å². The van der Waals surface area contributed by atoms with E-state index in [-0.39, 0.29) is 5.91 Å². The van der Waals surface area contributed by atoms with E-state index in [1.165, 1.54) is 0 Å². The standard InChI is InChI=1S/C22H23ClN2O/c1-3-13-25(14-4-2)22(26)20-15-16-9-5-6-10-17(16)21(24-20)18-11-7-8-12-19(18)23/h5-12,15H,3-4,13-14H2,1-2H3. The number of amides is 1. The lowest BCUT2D eigenvalue weighted by molar-refractivity contribution is 0.0750. The molecule has 0 unspecified atom stereocenters. The van der Waals surface area contributed by atoms with Crippen LogP contribution in [0.4, 0.5) is 0 Å². The second-order valence-corrected chi connectivity index (χ2v) is 6.76. The van der Waals surface area contributed by atoms with Crippen molar-refractivity contribution in [1.29, 1.82) is 0 Å². The molecule has 0 fully saturated rings. The summed E-state index contributed by atoms with van der Waals surface area (Å²) in [7, 11) is 0. The molecule has 0 spiro atoms. The molecule has 0 bridgehead atoms. The topological polar surface area (TPSA) is 33.2 Å². The summed E-state index contributed by atoms with van der Waals surface area (Å²) in [6.07, 6.45) is 1.85. The minimum absolute atomic E-state index is 0.0206. The Morgan fingerprint density at radius 3 is 2.35 bits per heavy atom. The van der Waals surface area contributed by atoms with E-state index < -0.39 is 0 Å². The lowest BCUT2D eigenvalue weighted by atomic mass is 10.0. The Labute approximate surface area is 159 Å². The van der Waals surface area contributed by atoms with Gasteiger partial charge in [-0.25, -0.2) is 4.98 Å². The third-order valence-corrected chi connectivity index (χ3v) is 4.69. The van der Waals surface area contributed by atoms with Crippen LogP contribution in [0.25, 0.3) is 22.0 Å². The highest BCUT2D eigenvalue weighted by Crippen LogP contribution is 2.32. The molecule has 0 atom stereocenters. The first kappa shape index (κ1) is 18.4. The molecule has 0 aliphatic rings. The molecule has 0 radical (unpaired) electrons. The summed E-state index contributed by atoms with van der Waals surface area (Å²) in [5, 5.41) is 2.62. The maximum absolute atomic E-state index is 13.1. The number of pyridine rings is 1. The molecule has 26 heavy (non-hydrogen) atoms. The van der Waals surface area contributed by atoms with Gasteiger partial charge in [-0.05, 0) is 30.4 Å². The van der Waals surface area contributed by atoms with Crippen LogP contribution in [0.15, 0.2) is 54.6 Å². The Hall–Kier alpha value is -2.39. The number of halogens is 1. The molecule has 3 nitrogen and oxygen atoms in total. The normalized spacial score (nSPS) is 10.9. The second kappa shape index (κ2) is 8.33. The first-order chi connectivity index (χ1) is 12.7. The van der Waals surface area contributed by atoms with Crippen molar-refractivity contribution in [2.75, 3.05) is 13.1 Å². The van der Waals surface area contributed by atoms with E-state index in [4.69, 9.17) is 16.6 Å². The highest BCUT2D eigenvalue weighted by molar-refractivity contribution is 6.33. The molecule has 1 amide bonds. The molecule has 1 heterocycles. The molecule has 1 aromatic heterocycles. The van der Waals surface area contributed by atoms with Gasteiger partial charge < -0.3 is 4.90 Å². The van der Waals surface area contributed by atoms with Gasteiger partial charge in [-0.3, -0.25) is 4.79 Å². The van der Waals surface area contributed by atoms with E-state index in [1.54, 1.807) is 0 Å². The van der Waals surface area contributed by atoms with Crippen molar-refractivity contribution < 1.29 is 4.79 Å². The molecule has 0 aliphatic carbocycles. The van der Waals surface area contributed by atoms with Crippen molar-refractivity contribution in [2.24, 2.45) is 0 Å². The molecule has 0 saturated carbocycles. The van der Waals surface area contributed by atoms with Gasteiger partial charge in [0.2, 0.25) is 0 Å². The summed E-state index contributed by atoms with van der Waals surface area (Å²) in [4.78, 5) is 19.7.